The first-order chi connectivity index (χ1) is 9.19. The number of likely N-dealkylation sites (N-methyl/N-ethyl adjacent to an activating group) is 1. The van der Waals surface area contributed by atoms with E-state index in [0.717, 1.165) is 50.0 Å². The van der Waals surface area contributed by atoms with Crippen molar-refractivity contribution in [2.75, 3.05) is 37.6 Å². The van der Waals surface area contributed by atoms with Crippen LogP contribution in [0, 0.1) is 0 Å². The van der Waals surface area contributed by atoms with Crippen molar-refractivity contribution in [1.29, 1.82) is 0 Å². The molecule has 2 heterocycles. The number of thiazole rings is 1. The summed E-state index contributed by atoms with van der Waals surface area (Å²) in [6, 6.07) is 0. The van der Waals surface area contributed by atoms with Gasteiger partial charge in [-0.15, -0.1) is 0 Å². The van der Waals surface area contributed by atoms with Crippen molar-refractivity contribution < 1.29 is 4.79 Å². The number of anilines is 1. The van der Waals surface area contributed by atoms with E-state index in [2.05, 4.69) is 27.1 Å². The molecule has 0 aromatic carbocycles. The van der Waals surface area contributed by atoms with Gasteiger partial charge in [0.2, 0.25) is 0 Å². The summed E-state index contributed by atoms with van der Waals surface area (Å²) in [5.41, 5.74) is 3.03. The smallest absolute Gasteiger partial charge is 0.277 e. The van der Waals surface area contributed by atoms with Crippen LogP contribution in [0.3, 0.4) is 0 Å². The summed E-state index contributed by atoms with van der Waals surface area (Å²) >= 11 is 1.44. The van der Waals surface area contributed by atoms with Crippen molar-refractivity contribution in [1.82, 2.24) is 15.3 Å². The van der Waals surface area contributed by atoms with E-state index in [1.807, 2.05) is 6.92 Å². The molecule has 6 nitrogen and oxygen atoms in total. The first-order valence-corrected chi connectivity index (χ1v) is 7.49. The highest BCUT2D eigenvalue weighted by Gasteiger charge is 2.22. The number of carbonyl (C=O) groups is 1. The van der Waals surface area contributed by atoms with E-state index in [-0.39, 0.29) is 5.91 Å². The molecule has 0 saturated carbocycles. The van der Waals surface area contributed by atoms with Crippen molar-refractivity contribution in [2.45, 2.75) is 20.3 Å². The Hall–Kier alpha value is -1.18. The van der Waals surface area contributed by atoms with Gasteiger partial charge >= 0.3 is 0 Å². The Morgan fingerprint density at radius 3 is 2.58 bits per heavy atom. The number of amides is 1. The standard InChI is InChI=1S/C12H21N5OS/c1-3-9-10(11(18)15-13)19-12(14-9)17-7-5-16(4-2)6-8-17/h3-8,13H2,1-2H3,(H,15,18). The van der Waals surface area contributed by atoms with Gasteiger partial charge in [-0.3, -0.25) is 10.2 Å². The second kappa shape index (κ2) is 6.31. The van der Waals surface area contributed by atoms with Gasteiger partial charge < -0.3 is 9.80 Å². The fourth-order valence-corrected chi connectivity index (χ4v) is 3.32. The number of hydrogen-bond donors (Lipinski definition) is 2. The molecule has 0 aliphatic carbocycles. The monoisotopic (exact) mass is 283 g/mol. The van der Waals surface area contributed by atoms with Crippen LogP contribution in [-0.4, -0.2) is 48.5 Å². The lowest BCUT2D eigenvalue weighted by Crippen LogP contribution is -2.46. The normalized spacial score (nSPS) is 16.7. The maximum atomic E-state index is 11.7. The van der Waals surface area contributed by atoms with Crippen LogP contribution < -0.4 is 16.2 Å². The molecule has 1 aromatic heterocycles. The van der Waals surface area contributed by atoms with Gasteiger partial charge in [0.25, 0.3) is 5.91 Å². The number of aryl methyl sites for hydroxylation is 1. The van der Waals surface area contributed by atoms with Gasteiger partial charge in [0.1, 0.15) is 4.88 Å². The fraction of sp³-hybridized carbons (Fsp3) is 0.667. The number of hydrogen-bond acceptors (Lipinski definition) is 6. The van der Waals surface area contributed by atoms with Crippen molar-refractivity contribution in [3.63, 3.8) is 0 Å². The molecule has 0 radical (unpaired) electrons. The quantitative estimate of drug-likeness (QED) is 0.477. The van der Waals surface area contributed by atoms with Crippen molar-refractivity contribution in [2.24, 2.45) is 5.84 Å². The van der Waals surface area contributed by atoms with Crippen LogP contribution in [-0.2, 0) is 6.42 Å². The minimum atomic E-state index is -0.243. The number of piperazine rings is 1. The molecule has 1 aromatic rings. The Morgan fingerprint density at radius 1 is 1.37 bits per heavy atom. The highest BCUT2D eigenvalue weighted by atomic mass is 32.1. The number of rotatable bonds is 4. The number of nitrogens with zero attached hydrogens (tertiary/aromatic N) is 3. The zero-order valence-corrected chi connectivity index (χ0v) is 12.3. The minimum absolute atomic E-state index is 0.243. The zero-order valence-electron chi connectivity index (χ0n) is 11.5. The predicted octanol–water partition coefficient (Wildman–Crippen LogP) is 0.451. The van der Waals surface area contributed by atoms with Gasteiger partial charge in [0.05, 0.1) is 5.69 Å². The average Bonchev–Trinajstić information content (AvgIpc) is 2.90. The van der Waals surface area contributed by atoms with Crippen LogP contribution in [0.1, 0.15) is 29.2 Å². The molecule has 7 heteroatoms. The first kappa shape index (κ1) is 14.2. The topological polar surface area (TPSA) is 74.5 Å². The van der Waals surface area contributed by atoms with Crippen LogP contribution in [0.15, 0.2) is 0 Å². The van der Waals surface area contributed by atoms with Gasteiger partial charge in [-0.05, 0) is 13.0 Å². The van der Waals surface area contributed by atoms with Crippen LogP contribution in [0.2, 0.25) is 0 Å². The molecule has 0 atom stereocenters. The second-order valence-corrected chi connectivity index (χ2v) is 5.50. The second-order valence-electron chi connectivity index (χ2n) is 4.52. The third-order valence-electron chi connectivity index (χ3n) is 3.45. The highest BCUT2D eigenvalue weighted by molar-refractivity contribution is 7.17. The van der Waals surface area contributed by atoms with E-state index < -0.39 is 0 Å². The van der Waals surface area contributed by atoms with Gasteiger partial charge in [0, 0.05) is 26.2 Å². The molecule has 1 aliphatic heterocycles. The molecule has 1 amide bonds. The SMILES string of the molecule is CCc1nc(N2CCN(CC)CC2)sc1C(=O)NN. The molecule has 1 fully saturated rings. The molecule has 3 N–H and O–H groups in total. The van der Waals surface area contributed by atoms with Crippen LogP contribution in [0.25, 0.3) is 0 Å². The average molecular weight is 283 g/mol. The largest absolute Gasteiger partial charge is 0.346 e. The molecule has 2 rings (SSSR count). The summed E-state index contributed by atoms with van der Waals surface area (Å²) in [6.45, 7) is 9.31. The van der Waals surface area contributed by atoms with E-state index in [1.165, 1.54) is 11.3 Å². The summed E-state index contributed by atoms with van der Waals surface area (Å²) in [7, 11) is 0. The van der Waals surface area contributed by atoms with Crippen molar-refractivity contribution in [3.8, 4) is 0 Å². The fourth-order valence-electron chi connectivity index (χ4n) is 2.21. The minimum Gasteiger partial charge on any atom is -0.346 e. The van der Waals surface area contributed by atoms with Gasteiger partial charge in [-0.2, -0.15) is 0 Å². The van der Waals surface area contributed by atoms with Crippen molar-refractivity contribution in [3.05, 3.63) is 10.6 Å². The molecule has 0 bridgehead atoms. The van der Waals surface area contributed by atoms with Crippen LogP contribution in [0.4, 0.5) is 5.13 Å². The van der Waals surface area contributed by atoms with Crippen LogP contribution in [0.5, 0.6) is 0 Å². The Labute approximate surface area is 117 Å². The highest BCUT2D eigenvalue weighted by Crippen LogP contribution is 2.27. The first-order valence-electron chi connectivity index (χ1n) is 6.67. The van der Waals surface area contributed by atoms with E-state index in [4.69, 9.17) is 5.84 Å². The van der Waals surface area contributed by atoms with E-state index in [1.54, 1.807) is 0 Å². The maximum absolute atomic E-state index is 11.7. The zero-order chi connectivity index (χ0) is 13.8. The maximum Gasteiger partial charge on any atom is 0.277 e. The summed E-state index contributed by atoms with van der Waals surface area (Å²) in [6.07, 6.45) is 0.744. The van der Waals surface area contributed by atoms with Crippen LogP contribution >= 0.6 is 11.3 Å². The molecule has 106 valence electrons. The number of nitrogens with two attached hydrogens (primary N) is 1. The Bertz CT molecular complexity index is 439. The Kier molecular flexibility index (Phi) is 4.73. The van der Waals surface area contributed by atoms with Gasteiger partial charge in [0.15, 0.2) is 5.13 Å². The Balaban J connectivity index is 2.13. The molecule has 19 heavy (non-hydrogen) atoms. The van der Waals surface area contributed by atoms with Gasteiger partial charge in [-0.1, -0.05) is 25.2 Å². The molecule has 0 unspecified atom stereocenters. The molecular formula is C12H21N5OS. The summed E-state index contributed by atoms with van der Waals surface area (Å²) in [5.74, 6) is 4.97. The predicted molar refractivity (Wildman–Crippen MR) is 77.5 cm³/mol. The number of carbonyl (C=O) groups excluding carboxylic acids is 1. The van der Waals surface area contributed by atoms with Crippen molar-refractivity contribution >= 4 is 22.4 Å². The molecule has 1 aliphatic rings. The lowest BCUT2D eigenvalue weighted by Gasteiger charge is -2.33. The number of nitrogen functional groups attached to an aromatic ring is 1. The number of hydrazine groups is 1. The lowest BCUT2D eigenvalue weighted by molar-refractivity contribution is 0.0956. The van der Waals surface area contributed by atoms with E-state index in [9.17, 15) is 4.79 Å². The lowest BCUT2D eigenvalue weighted by atomic mass is 10.3. The molecular weight excluding hydrogens is 262 g/mol. The summed E-state index contributed by atoms with van der Waals surface area (Å²) in [4.78, 5) is 21.6. The summed E-state index contributed by atoms with van der Waals surface area (Å²) < 4.78 is 0. The Morgan fingerprint density at radius 2 is 2.05 bits per heavy atom. The number of nitrogens with one attached hydrogen (secondary N) is 1. The number of aromatic nitrogens is 1. The molecule has 0 spiro atoms. The van der Waals surface area contributed by atoms with Gasteiger partial charge in [-0.25, -0.2) is 10.8 Å². The third kappa shape index (κ3) is 3.05. The van der Waals surface area contributed by atoms with E-state index in [0.29, 0.717) is 4.88 Å². The summed E-state index contributed by atoms with van der Waals surface area (Å²) in [5, 5.41) is 0.936. The van der Waals surface area contributed by atoms with E-state index >= 15 is 0 Å². The molecule has 1 saturated heterocycles. The third-order valence-corrected chi connectivity index (χ3v) is 4.61.